The molecule has 3 heteroatoms. The lowest BCUT2D eigenvalue weighted by molar-refractivity contribution is -0.123. The highest BCUT2D eigenvalue weighted by Crippen LogP contribution is 1.88. The smallest absolute Gasteiger partial charge is 0.224 e. The molecule has 0 aromatic rings. The Morgan fingerprint density at radius 2 is 2.36 bits per heavy atom. The van der Waals surface area contributed by atoms with Crippen LogP contribution in [0.15, 0.2) is 0 Å². The predicted octanol–water partition coefficient (Wildman–Crippen LogP) is -0.279. The first-order valence-electron chi connectivity index (χ1n) is 3.59. The zero-order valence-electron chi connectivity index (χ0n) is 6.98. The van der Waals surface area contributed by atoms with E-state index in [1.54, 1.807) is 13.8 Å². The third-order valence-corrected chi connectivity index (χ3v) is 1.33. The number of rotatable bonds is 3. The Kier molecular flexibility index (Phi) is 5.22. The summed E-state index contributed by atoms with van der Waals surface area (Å²) in [7, 11) is 0. The lowest BCUT2D eigenvalue weighted by Gasteiger charge is -2.06. The maximum Gasteiger partial charge on any atom is 0.224 e. The lowest BCUT2D eigenvalue weighted by atomic mass is 10.2. The van der Waals surface area contributed by atoms with Gasteiger partial charge in [-0.3, -0.25) is 4.79 Å². The monoisotopic (exact) mass is 154 g/mol. The molecule has 11 heavy (non-hydrogen) atoms. The van der Waals surface area contributed by atoms with Gasteiger partial charge in [-0.05, 0) is 6.92 Å². The molecule has 3 N–H and O–H groups in total. The van der Waals surface area contributed by atoms with Crippen LogP contribution in [0.1, 0.15) is 13.8 Å². The molecule has 0 aliphatic heterocycles. The molecule has 0 radical (unpaired) electrons. The predicted molar refractivity (Wildman–Crippen MR) is 44.7 cm³/mol. The summed E-state index contributed by atoms with van der Waals surface area (Å²) < 4.78 is 0. The van der Waals surface area contributed by atoms with Crippen LogP contribution in [0.3, 0.4) is 0 Å². The van der Waals surface area contributed by atoms with Gasteiger partial charge in [-0.1, -0.05) is 12.8 Å². The van der Waals surface area contributed by atoms with Gasteiger partial charge in [0.15, 0.2) is 0 Å². The summed E-state index contributed by atoms with van der Waals surface area (Å²) in [5, 5.41) is 2.64. The zero-order chi connectivity index (χ0) is 8.69. The van der Waals surface area contributed by atoms with E-state index in [-0.39, 0.29) is 11.8 Å². The van der Waals surface area contributed by atoms with Gasteiger partial charge in [0.1, 0.15) is 0 Å². The second-order valence-corrected chi connectivity index (χ2v) is 2.28. The number of hydrogen-bond acceptors (Lipinski definition) is 2. The molecule has 1 unspecified atom stereocenters. The first kappa shape index (κ1) is 9.99. The van der Waals surface area contributed by atoms with E-state index in [2.05, 4.69) is 17.2 Å². The van der Waals surface area contributed by atoms with Crippen molar-refractivity contribution in [3.05, 3.63) is 0 Å². The third-order valence-electron chi connectivity index (χ3n) is 1.33. The Morgan fingerprint density at radius 3 is 2.82 bits per heavy atom. The molecule has 62 valence electrons. The van der Waals surface area contributed by atoms with Gasteiger partial charge in [0.05, 0.1) is 6.54 Å². The molecule has 1 amide bonds. The van der Waals surface area contributed by atoms with E-state index in [0.29, 0.717) is 13.1 Å². The van der Waals surface area contributed by atoms with Crippen molar-refractivity contribution in [3.8, 4) is 11.8 Å². The van der Waals surface area contributed by atoms with E-state index >= 15 is 0 Å². The van der Waals surface area contributed by atoms with Gasteiger partial charge in [0.2, 0.25) is 5.91 Å². The summed E-state index contributed by atoms with van der Waals surface area (Å²) >= 11 is 0. The second kappa shape index (κ2) is 5.75. The first-order valence-corrected chi connectivity index (χ1v) is 3.59. The quantitative estimate of drug-likeness (QED) is 0.549. The van der Waals surface area contributed by atoms with Crippen LogP contribution in [-0.2, 0) is 4.79 Å². The van der Waals surface area contributed by atoms with Gasteiger partial charge in [0, 0.05) is 12.5 Å². The Balaban J connectivity index is 3.57. The molecule has 0 heterocycles. The number of carbonyl (C=O) groups is 1. The van der Waals surface area contributed by atoms with Crippen molar-refractivity contribution >= 4 is 5.91 Å². The number of carbonyl (C=O) groups excluding carboxylic acids is 1. The van der Waals surface area contributed by atoms with Crippen LogP contribution in [0.5, 0.6) is 0 Å². The highest BCUT2D eigenvalue weighted by Gasteiger charge is 2.07. The summed E-state index contributed by atoms with van der Waals surface area (Å²) in [6.45, 7) is 4.32. The van der Waals surface area contributed by atoms with Crippen LogP contribution in [0.4, 0.5) is 0 Å². The van der Waals surface area contributed by atoms with E-state index in [4.69, 9.17) is 5.73 Å². The molecule has 0 aromatic carbocycles. The van der Waals surface area contributed by atoms with Crippen molar-refractivity contribution in [1.29, 1.82) is 0 Å². The van der Waals surface area contributed by atoms with Crippen molar-refractivity contribution in [2.24, 2.45) is 11.7 Å². The average Bonchev–Trinajstić information content (AvgIpc) is 2.03. The van der Waals surface area contributed by atoms with Gasteiger partial charge in [-0.25, -0.2) is 0 Å². The molecule has 0 fully saturated rings. The van der Waals surface area contributed by atoms with Crippen LogP contribution >= 0.6 is 0 Å². The molecule has 0 bridgehead atoms. The summed E-state index contributed by atoms with van der Waals surface area (Å²) in [5.74, 6) is 5.27. The normalized spacial score (nSPS) is 11.2. The van der Waals surface area contributed by atoms with Gasteiger partial charge in [-0.15, -0.1) is 5.92 Å². The molecule has 0 aromatic heterocycles. The minimum absolute atomic E-state index is 0.0322. The molecule has 1 atom stereocenters. The van der Waals surface area contributed by atoms with Crippen molar-refractivity contribution in [3.63, 3.8) is 0 Å². The maximum atomic E-state index is 11.0. The third kappa shape index (κ3) is 4.40. The summed E-state index contributed by atoms with van der Waals surface area (Å²) in [6, 6.07) is 0. The Morgan fingerprint density at radius 1 is 1.73 bits per heavy atom. The molecular weight excluding hydrogens is 140 g/mol. The van der Waals surface area contributed by atoms with E-state index in [9.17, 15) is 4.79 Å². The van der Waals surface area contributed by atoms with E-state index in [1.165, 1.54) is 0 Å². The van der Waals surface area contributed by atoms with Crippen molar-refractivity contribution < 1.29 is 4.79 Å². The van der Waals surface area contributed by atoms with Crippen LogP contribution < -0.4 is 11.1 Å². The van der Waals surface area contributed by atoms with Crippen LogP contribution in [0.2, 0.25) is 0 Å². The summed E-state index contributed by atoms with van der Waals surface area (Å²) in [4.78, 5) is 11.0. The summed E-state index contributed by atoms with van der Waals surface area (Å²) in [6.07, 6.45) is 0. The molecule has 0 aliphatic carbocycles. The molecule has 0 rings (SSSR count). The molecular formula is C8H14N2O. The topological polar surface area (TPSA) is 55.1 Å². The lowest BCUT2D eigenvalue weighted by Crippen LogP contribution is -2.33. The average molecular weight is 154 g/mol. The minimum Gasteiger partial charge on any atom is -0.345 e. The van der Waals surface area contributed by atoms with Crippen molar-refractivity contribution in [1.82, 2.24) is 5.32 Å². The largest absolute Gasteiger partial charge is 0.345 e. The maximum absolute atomic E-state index is 11.0. The fourth-order valence-electron chi connectivity index (χ4n) is 0.501. The number of hydrogen-bond donors (Lipinski definition) is 2. The molecule has 0 saturated carbocycles. The Labute approximate surface area is 67.3 Å². The highest BCUT2D eigenvalue weighted by atomic mass is 16.1. The van der Waals surface area contributed by atoms with Crippen molar-refractivity contribution in [2.75, 3.05) is 13.1 Å². The van der Waals surface area contributed by atoms with Gasteiger partial charge in [-0.2, -0.15) is 0 Å². The molecule has 0 aliphatic rings. The number of amides is 1. The van der Waals surface area contributed by atoms with Crippen LogP contribution in [0, 0.1) is 17.8 Å². The van der Waals surface area contributed by atoms with E-state index in [0.717, 1.165) is 0 Å². The second-order valence-electron chi connectivity index (χ2n) is 2.28. The molecule has 3 nitrogen and oxygen atoms in total. The van der Waals surface area contributed by atoms with Crippen molar-refractivity contribution in [2.45, 2.75) is 13.8 Å². The van der Waals surface area contributed by atoms with Gasteiger partial charge >= 0.3 is 0 Å². The van der Waals surface area contributed by atoms with E-state index in [1.807, 2.05) is 0 Å². The van der Waals surface area contributed by atoms with Gasteiger partial charge in [0.25, 0.3) is 0 Å². The Hall–Kier alpha value is -1.01. The minimum atomic E-state index is -0.117. The zero-order valence-corrected chi connectivity index (χ0v) is 6.98. The number of nitrogens with one attached hydrogen (secondary N) is 1. The fraction of sp³-hybridized carbons (Fsp3) is 0.625. The van der Waals surface area contributed by atoms with Crippen LogP contribution in [-0.4, -0.2) is 19.0 Å². The first-order chi connectivity index (χ1) is 5.22. The Bertz CT molecular complexity index is 178. The van der Waals surface area contributed by atoms with Gasteiger partial charge < -0.3 is 11.1 Å². The standard InChI is InChI=1S/C8H14N2O/c1-3-4-5-10-8(11)7(2)6-9/h7H,5-6,9H2,1-2H3,(H,10,11). The summed E-state index contributed by atoms with van der Waals surface area (Å²) in [5.41, 5.74) is 5.28. The van der Waals surface area contributed by atoms with Crippen LogP contribution in [0.25, 0.3) is 0 Å². The molecule has 0 saturated heterocycles. The fourth-order valence-corrected chi connectivity index (χ4v) is 0.501. The highest BCUT2D eigenvalue weighted by molar-refractivity contribution is 5.78. The van der Waals surface area contributed by atoms with E-state index < -0.39 is 0 Å². The molecule has 0 spiro atoms. The SMILES string of the molecule is CC#CCNC(=O)C(C)CN. The number of nitrogens with two attached hydrogens (primary N) is 1.